The molecule has 1 nitrogen and oxygen atoms in total. The van der Waals surface area contributed by atoms with E-state index in [4.69, 9.17) is 4.74 Å². The summed E-state index contributed by atoms with van der Waals surface area (Å²) in [6, 6.07) is 0. The summed E-state index contributed by atoms with van der Waals surface area (Å²) in [6.45, 7) is 12.8. The van der Waals surface area contributed by atoms with Crippen molar-refractivity contribution in [2.45, 2.75) is 117 Å². The van der Waals surface area contributed by atoms with Gasteiger partial charge in [-0.1, -0.05) is 53.9 Å². The zero-order valence-corrected chi connectivity index (χ0v) is 19.4. The van der Waals surface area contributed by atoms with Crippen molar-refractivity contribution in [3.8, 4) is 0 Å². The number of hydrogen-bond donors (Lipinski definition) is 0. The van der Waals surface area contributed by atoms with Gasteiger partial charge in [-0.05, 0) is 104 Å². The highest BCUT2D eigenvalue weighted by Gasteiger charge is 2.65. The summed E-state index contributed by atoms with van der Waals surface area (Å²) in [5.74, 6) is 6.76. The molecule has 160 valence electrons. The van der Waals surface area contributed by atoms with E-state index < -0.39 is 0 Å². The molecule has 5 fully saturated rings. The van der Waals surface area contributed by atoms with Crippen molar-refractivity contribution in [3.63, 3.8) is 0 Å². The number of epoxide rings is 1. The van der Waals surface area contributed by atoms with Crippen molar-refractivity contribution in [1.29, 1.82) is 0 Å². The molecule has 0 radical (unpaired) electrons. The maximum absolute atomic E-state index is 6.10. The Bertz CT molecular complexity index is 583. The molecule has 0 unspecified atom stereocenters. The highest BCUT2D eigenvalue weighted by molar-refractivity contribution is 5.13. The van der Waals surface area contributed by atoms with Crippen LogP contribution in [0.15, 0.2) is 0 Å². The lowest BCUT2D eigenvalue weighted by atomic mass is 9.44. The molecule has 0 spiro atoms. The summed E-state index contributed by atoms with van der Waals surface area (Å²) in [6.07, 6.45) is 17.6. The first kappa shape index (κ1) is 19.9. The van der Waals surface area contributed by atoms with Gasteiger partial charge in [-0.25, -0.2) is 0 Å². The molecule has 0 bridgehead atoms. The van der Waals surface area contributed by atoms with E-state index in [9.17, 15) is 0 Å². The molecule has 1 heteroatoms. The fourth-order valence-electron chi connectivity index (χ4n) is 9.62. The molecule has 28 heavy (non-hydrogen) atoms. The maximum atomic E-state index is 6.10. The Morgan fingerprint density at radius 1 is 0.786 bits per heavy atom. The Labute approximate surface area is 174 Å². The van der Waals surface area contributed by atoms with Crippen LogP contribution in [0.2, 0.25) is 0 Å². The van der Waals surface area contributed by atoms with E-state index in [0.29, 0.717) is 23.0 Å². The molecule has 1 aliphatic heterocycles. The van der Waals surface area contributed by atoms with Crippen molar-refractivity contribution in [3.05, 3.63) is 0 Å². The largest absolute Gasteiger partial charge is 0.369 e. The van der Waals surface area contributed by atoms with Crippen LogP contribution < -0.4 is 0 Å². The lowest BCUT2D eigenvalue weighted by Crippen LogP contribution is -2.54. The molecule has 5 rings (SSSR count). The lowest BCUT2D eigenvalue weighted by molar-refractivity contribution is -0.111. The molecule has 0 aromatic rings. The highest BCUT2D eigenvalue weighted by Crippen LogP contribution is 2.69. The second-order valence-electron chi connectivity index (χ2n) is 12.8. The van der Waals surface area contributed by atoms with Crippen molar-refractivity contribution in [2.24, 2.45) is 52.3 Å². The normalized spacial score (nSPS) is 53.1. The van der Waals surface area contributed by atoms with Crippen LogP contribution in [0.1, 0.15) is 105 Å². The van der Waals surface area contributed by atoms with Crippen LogP contribution in [0.4, 0.5) is 0 Å². The van der Waals surface area contributed by atoms with Gasteiger partial charge >= 0.3 is 0 Å². The molecular formula is C27H46O. The van der Waals surface area contributed by atoms with Crippen LogP contribution in [-0.4, -0.2) is 12.2 Å². The van der Waals surface area contributed by atoms with E-state index in [2.05, 4.69) is 34.6 Å². The number of ether oxygens (including phenoxy) is 1. The van der Waals surface area contributed by atoms with E-state index >= 15 is 0 Å². The predicted octanol–water partition coefficient (Wildman–Crippen LogP) is 7.49. The Morgan fingerprint density at radius 3 is 2.29 bits per heavy atom. The van der Waals surface area contributed by atoms with Crippen LogP contribution >= 0.6 is 0 Å². The first-order valence-corrected chi connectivity index (χ1v) is 13.0. The van der Waals surface area contributed by atoms with Gasteiger partial charge in [0.05, 0.1) is 12.2 Å². The summed E-state index contributed by atoms with van der Waals surface area (Å²) in [4.78, 5) is 0. The van der Waals surface area contributed by atoms with Crippen molar-refractivity contribution in [1.82, 2.24) is 0 Å². The third-order valence-electron chi connectivity index (χ3n) is 11.1. The minimum Gasteiger partial charge on any atom is -0.369 e. The molecular weight excluding hydrogens is 340 g/mol. The molecule has 4 saturated carbocycles. The first-order valence-electron chi connectivity index (χ1n) is 13.0. The molecule has 4 aliphatic carbocycles. The fraction of sp³-hybridized carbons (Fsp3) is 1.00. The number of rotatable bonds is 5. The standard InChI is InChI=1S/C27H46O/c1-17(2)7-6-8-18(3)20-11-12-21-19-9-10-23-25-24(28-25)14-16-27(23,5)22(19)13-15-26(20,21)4/h17-25H,6-16H2,1-5H3/t18-,19+,20-,21+,22+,23+,24-,25-,26-,27-/m1/s1. The quantitative estimate of drug-likeness (QED) is 0.446. The van der Waals surface area contributed by atoms with Crippen LogP contribution in [-0.2, 0) is 4.74 Å². The van der Waals surface area contributed by atoms with E-state index in [1.165, 1.54) is 64.2 Å². The van der Waals surface area contributed by atoms with Gasteiger partial charge in [0.15, 0.2) is 0 Å². The minimum atomic E-state index is 0.600. The number of hydrogen-bond acceptors (Lipinski definition) is 1. The summed E-state index contributed by atoms with van der Waals surface area (Å²) in [5, 5.41) is 0. The second-order valence-corrected chi connectivity index (χ2v) is 12.8. The van der Waals surface area contributed by atoms with Gasteiger partial charge in [-0.15, -0.1) is 0 Å². The Kier molecular flexibility index (Phi) is 4.97. The van der Waals surface area contributed by atoms with E-state index in [-0.39, 0.29) is 0 Å². The summed E-state index contributed by atoms with van der Waals surface area (Å²) >= 11 is 0. The molecule has 5 aliphatic rings. The second kappa shape index (κ2) is 7.00. The lowest BCUT2D eigenvalue weighted by Gasteiger charge is -2.60. The van der Waals surface area contributed by atoms with E-state index in [0.717, 1.165) is 41.4 Å². The van der Waals surface area contributed by atoms with E-state index in [1.54, 1.807) is 6.42 Å². The topological polar surface area (TPSA) is 12.5 Å². The monoisotopic (exact) mass is 386 g/mol. The smallest absolute Gasteiger partial charge is 0.0875 e. The van der Waals surface area contributed by atoms with Crippen LogP contribution in [0.3, 0.4) is 0 Å². The first-order chi connectivity index (χ1) is 13.3. The number of fused-ring (bicyclic) bond motifs is 7. The molecule has 1 heterocycles. The van der Waals surface area contributed by atoms with E-state index in [1.807, 2.05) is 0 Å². The third-order valence-corrected chi connectivity index (χ3v) is 11.1. The van der Waals surface area contributed by atoms with Crippen molar-refractivity contribution in [2.75, 3.05) is 0 Å². The van der Waals surface area contributed by atoms with Gasteiger partial charge in [0.25, 0.3) is 0 Å². The molecule has 0 aromatic heterocycles. The molecule has 10 atom stereocenters. The van der Waals surface area contributed by atoms with Gasteiger partial charge in [0, 0.05) is 0 Å². The van der Waals surface area contributed by atoms with Gasteiger partial charge in [0.2, 0.25) is 0 Å². The van der Waals surface area contributed by atoms with Crippen molar-refractivity contribution >= 4 is 0 Å². The van der Waals surface area contributed by atoms with Crippen molar-refractivity contribution < 1.29 is 4.74 Å². The van der Waals surface area contributed by atoms with Crippen LogP contribution in [0.25, 0.3) is 0 Å². The molecule has 1 saturated heterocycles. The summed E-state index contributed by atoms with van der Waals surface area (Å²) in [7, 11) is 0. The zero-order valence-electron chi connectivity index (χ0n) is 19.4. The summed E-state index contributed by atoms with van der Waals surface area (Å²) < 4.78 is 6.10. The average molecular weight is 387 g/mol. The Hall–Kier alpha value is -0.0400. The Morgan fingerprint density at radius 2 is 1.50 bits per heavy atom. The average Bonchev–Trinajstić information content (AvgIpc) is 3.34. The molecule has 0 amide bonds. The Balaban J connectivity index is 1.30. The van der Waals surface area contributed by atoms with Crippen LogP contribution in [0, 0.1) is 52.3 Å². The van der Waals surface area contributed by atoms with Gasteiger partial charge in [0.1, 0.15) is 0 Å². The van der Waals surface area contributed by atoms with Gasteiger partial charge < -0.3 is 4.74 Å². The SMILES string of the molecule is CC(C)CCC[C@@H](C)[C@H]1CC[C@H]2[C@@H]3CC[C@H]4[C@H]5O[C@@H]5CC[C@]4(C)[C@H]3CC[C@]12C. The fourth-order valence-corrected chi connectivity index (χ4v) is 9.62. The summed E-state index contributed by atoms with van der Waals surface area (Å²) in [5.41, 5.74) is 1.25. The zero-order chi connectivity index (χ0) is 19.7. The minimum absolute atomic E-state index is 0.600. The third kappa shape index (κ3) is 2.96. The predicted molar refractivity (Wildman–Crippen MR) is 117 cm³/mol. The van der Waals surface area contributed by atoms with Gasteiger partial charge in [-0.3, -0.25) is 0 Å². The molecule has 0 aromatic carbocycles. The van der Waals surface area contributed by atoms with Crippen LogP contribution in [0.5, 0.6) is 0 Å². The highest BCUT2D eigenvalue weighted by atomic mass is 16.6. The van der Waals surface area contributed by atoms with Gasteiger partial charge in [-0.2, -0.15) is 0 Å². The molecule has 0 N–H and O–H groups in total. The maximum Gasteiger partial charge on any atom is 0.0875 e.